The van der Waals surface area contributed by atoms with E-state index in [1.807, 2.05) is 18.2 Å². The number of hydrogen-bond acceptors (Lipinski definition) is 3. The molecule has 0 amide bonds. The Labute approximate surface area is 76.1 Å². The third-order valence-electron chi connectivity index (χ3n) is 2.01. The average Bonchev–Trinajstić information content (AvgIpc) is 2.17. The highest BCUT2D eigenvalue weighted by Crippen LogP contribution is 2.17. The Balaban J connectivity index is 2.62. The Hall–Kier alpha value is -1.48. The van der Waals surface area contributed by atoms with Gasteiger partial charge in [0.1, 0.15) is 6.33 Å². The van der Waals surface area contributed by atoms with E-state index in [2.05, 4.69) is 9.97 Å². The zero-order valence-electron chi connectivity index (χ0n) is 7.31. The summed E-state index contributed by atoms with van der Waals surface area (Å²) in [5.41, 5.74) is 1.79. The van der Waals surface area contributed by atoms with Gasteiger partial charge in [-0.05, 0) is 24.6 Å². The maximum Gasteiger partial charge on any atom is 0.116 e. The topological polar surface area (TPSA) is 46.0 Å². The summed E-state index contributed by atoms with van der Waals surface area (Å²) in [6.07, 6.45) is 2.82. The number of hydrogen-bond donors (Lipinski definition) is 1. The van der Waals surface area contributed by atoms with Crippen molar-refractivity contribution in [3.8, 4) is 0 Å². The van der Waals surface area contributed by atoms with E-state index in [4.69, 9.17) is 0 Å². The number of nitrogens with zero attached hydrogens (tertiary/aromatic N) is 2. The monoisotopic (exact) mass is 174 g/mol. The molecule has 3 heteroatoms. The summed E-state index contributed by atoms with van der Waals surface area (Å²) in [5.74, 6) is 0. The predicted octanol–water partition coefficient (Wildman–Crippen LogP) is 1.68. The highest BCUT2D eigenvalue weighted by atomic mass is 16.3. The lowest BCUT2D eigenvalue weighted by molar-refractivity contribution is 0.199. The molecular weight excluding hydrogens is 164 g/mol. The van der Waals surface area contributed by atoms with Crippen molar-refractivity contribution in [2.75, 3.05) is 0 Å². The Bertz CT molecular complexity index is 426. The lowest BCUT2D eigenvalue weighted by Gasteiger charge is -2.04. The SMILES string of the molecule is C[C@@H](O)c1ccc2ncncc2c1. The molecule has 0 spiro atoms. The molecule has 1 atom stereocenters. The van der Waals surface area contributed by atoms with Crippen LogP contribution in [0.15, 0.2) is 30.7 Å². The van der Waals surface area contributed by atoms with E-state index in [0.717, 1.165) is 16.5 Å². The molecule has 0 aliphatic heterocycles. The standard InChI is InChI=1S/C10H10N2O/c1-7(13)8-2-3-10-9(4-8)5-11-6-12-10/h2-7,13H,1H3/t7-/m1/s1. The zero-order chi connectivity index (χ0) is 9.26. The van der Waals surface area contributed by atoms with E-state index in [1.165, 1.54) is 6.33 Å². The first-order valence-corrected chi connectivity index (χ1v) is 4.15. The third-order valence-corrected chi connectivity index (χ3v) is 2.01. The Morgan fingerprint density at radius 2 is 2.23 bits per heavy atom. The van der Waals surface area contributed by atoms with Crippen molar-refractivity contribution in [3.05, 3.63) is 36.3 Å². The van der Waals surface area contributed by atoms with Crippen LogP contribution in [0.1, 0.15) is 18.6 Å². The third kappa shape index (κ3) is 1.51. The fraction of sp³-hybridized carbons (Fsp3) is 0.200. The van der Waals surface area contributed by atoms with Gasteiger partial charge in [0, 0.05) is 11.6 Å². The molecule has 0 aliphatic rings. The van der Waals surface area contributed by atoms with Gasteiger partial charge in [-0.3, -0.25) is 0 Å². The first-order valence-electron chi connectivity index (χ1n) is 4.15. The minimum Gasteiger partial charge on any atom is -0.389 e. The van der Waals surface area contributed by atoms with Crippen molar-refractivity contribution in [2.45, 2.75) is 13.0 Å². The number of benzene rings is 1. The molecule has 0 fully saturated rings. The van der Waals surface area contributed by atoms with Crippen LogP contribution in [0.25, 0.3) is 10.9 Å². The van der Waals surface area contributed by atoms with E-state index < -0.39 is 6.10 Å². The Morgan fingerprint density at radius 3 is 3.00 bits per heavy atom. The van der Waals surface area contributed by atoms with Crippen LogP contribution in [0.5, 0.6) is 0 Å². The second kappa shape index (κ2) is 3.11. The van der Waals surface area contributed by atoms with E-state index in [1.54, 1.807) is 13.1 Å². The fourth-order valence-electron chi connectivity index (χ4n) is 1.26. The normalized spacial score (nSPS) is 13.1. The van der Waals surface area contributed by atoms with E-state index in [-0.39, 0.29) is 0 Å². The summed E-state index contributed by atoms with van der Waals surface area (Å²) >= 11 is 0. The maximum absolute atomic E-state index is 9.34. The van der Waals surface area contributed by atoms with Gasteiger partial charge in [-0.15, -0.1) is 0 Å². The number of fused-ring (bicyclic) bond motifs is 1. The first kappa shape index (κ1) is 8.13. The van der Waals surface area contributed by atoms with Crippen LogP contribution in [-0.4, -0.2) is 15.1 Å². The summed E-state index contributed by atoms with van der Waals surface area (Å²) in [4.78, 5) is 8.01. The van der Waals surface area contributed by atoms with Gasteiger partial charge >= 0.3 is 0 Å². The van der Waals surface area contributed by atoms with Crippen molar-refractivity contribution in [1.82, 2.24) is 9.97 Å². The van der Waals surface area contributed by atoms with Gasteiger partial charge in [-0.1, -0.05) is 6.07 Å². The summed E-state index contributed by atoms with van der Waals surface area (Å²) < 4.78 is 0. The summed E-state index contributed by atoms with van der Waals surface area (Å²) in [7, 11) is 0. The molecule has 13 heavy (non-hydrogen) atoms. The minimum atomic E-state index is -0.440. The molecule has 1 N–H and O–H groups in total. The lowest BCUT2D eigenvalue weighted by Crippen LogP contribution is -1.91. The lowest BCUT2D eigenvalue weighted by atomic mass is 10.1. The van der Waals surface area contributed by atoms with Crippen LogP contribution in [0, 0.1) is 0 Å². The summed E-state index contributed by atoms with van der Waals surface area (Å²) in [6.45, 7) is 1.74. The molecule has 0 saturated carbocycles. The molecule has 2 rings (SSSR count). The molecule has 0 aliphatic carbocycles. The highest BCUT2D eigenvalue weighted by molar-refractivity contribution is 5.78. The Kier molecular flexibility index (Phi) is 1.94. The smallest absolute Gasteiger partial charge is 0.116 e. The minimum absolute atomic E-state index is 0.440. The number of aromatic nitrogens is 2. The van der Waals surface area contributed by atoms with Crippen molar-refractivity contribution < 1.29 is 5.11 Å². The maximum atomic E-state index is 9.34. The van der Waals surface area contributed by atoms with Crippen LogP contribution in [0.2, 0.25) is 0 Å². The highest BCUT2D eigenvalue weighted by Gasteiger charge is 2.01. The molecule has 2 aromatic rings. The molecule has 0 saturated heterocycles. The summed E-state index contributed by atoms with van der Waals surface area (Å²) in [6, 6.07) is 5.67. The fourth-order valence-corrected chi connectivity index (χ4v) is 1.26. The number of rotatable bonds is 1. The average molecular weight is 174 g/mol. The molecule has 3 nitrogen and oxygen atoms in total. The number of aliphatic hydroxyl groups excluding tert-OH is 1. The molecule has 1 aromatic heterocycles. The van der Waals surface area contributed by atoms with Crippen molar-refractivity contribution in [1.29, 1.82) is 0 Å². The molecule has 0 unspecified atom stereocenters. The zero-order valence-corrected chi connectivity index (χ0v) is 7.31. The predicted molar refractivity (Wildman–Crippen MR) is 50.2 cm³/mol. The number of aliphatic hydroxyl groups is 1. The van der Waals surface area contributed by atoms with Gasteiger partial charge in [0.25, 0.3) is 0 Å². The van der Waals surface area contributed by atoms with Crippen LogP contribution in [0.3, 0.4) is 0 Å². The largest absolute Gasteiger partial charge is 0.389 e. The van der Waals surface area contributed by atoms with Crippen molar-refractivity contribution >= 4 is 10.9 Å². The molecule has 66 valence electrons. The van der Waals surface area contributed by atoms with Gasteiger partial charge in [0.2, 0.25) is 0 Å². The second-order valence-electron chi connectivity index (χ2n) is 3.02. The Morgan fingerprint density at radius 1 is 1.38 bits per heavy atom. The molecular formula is C10H10N2O. The van der Waals surface area contributed by atoms with Gasteiger partial charge in [0.15, 0.2) is 0 Å². The first-order chi connectivity index (χ1) is 6.27. The molecule has 0 radical (unpaired) electrons. The van der Waals surface area contributed by atoms with Crippen LogP contribution in [-0.2, 0) is 0 Å². The van der Waals surface area contributed by atoms with E-state index >= 15 is 0 Å². The molecule has 0 bridgehead atoms. The van der Waals surface area contributed by atoms with Crippen molar-refractivity contribution in [2.24, 2.45) is 0 Å². The molecule has 1 heterocycles. The quantitative estimate of drug-likeness (QED) is 0.715. The van der Waals surface area contributed by atoms with Crippen LogP contribution < -0.4 is 0 Å². The van der Waals surface area contributed by atoms with Crippen LogP contribution in [0.4, 0.5) is 0 Å². The van der Waals surface area contributed by atoms with Crippen LogP contribution >= 0.6 is 0 Å². The van der Waals surface area contributed by atoms with E-state index in [0.29, 0.717) is 0 Å². The van der Waals surface area contributed by atoms with Crippen molar-refractivity contribution in [3.63, 3.8) is 0 Å². The van der Waals surface area contributed by atoms with Gasteiger partial charge < -0.3 is 5.11 Å². The van der Waals surface area contributed by atoms with Gasteiger partial charge in [-0.2, -0.15) is 0 Å². The van der Waals surface area contributed by atoms with E-state index in [9.17, 15) is 5.11 Å². The summed E-state index contributed by atoms with van der Waals surface area (Å²) in [5, 5.41) is 10.3. The molecule has 1 aromatic carbocycles. The second-order valence-corrected chi connectivity index (χ2v) is 3.02. The van der Waals surface area contributed by atoms with Gasteiger partial charge in [0.05, 0.1) is 11.6 Å². The van der Waals surface area contributed by atoms with Gasteiger partial charge in [-0.25, -0.2) is 9.97 Å².